The molecule has 12 heteroatoms. The Balaban J connectivity index is 1.05. The minimum Gasteiger partial charge on any atom is -0.392 e. The minimum atomic E-state index is -0.543. The number of aliphatic hydroxyl groups is 1. The van der Waals surface area contributed by atoms with Crippen molar-refractivity contribution in [1.29, 1.82) is 0 Å². The first-order chi connectivity index (χ1) is 24.2. The van der Waals surface area contributed by atoms with E-state index in [2.05, 4.69) is 31.6 Å². The molecule has 1 saturated carbocycles. The number of benzene rings is 1. The number of hydrogen-bond donors (Lipinski definition) is 2. The average Bonchev–Trinajstić information content (AvgIpc) is 3.58. The molecule has 4 aliphatic heterocycles. The molecule has 262 valence electrons. The highest BCUT2D eigenvalue weighted by Crippen LogP contribution is 2.41. The number of piperazine rings is 2. The Kier molecular flexibility index (Phi) is 8.70. The Morgan fingerprint density at radius 3 is 2.56 bits per heavy atom. The molecular weight excluding hydrogens is 637 g/mol. The number of carbonyl (C=O) groups excluding carboxylic acids is 1. The van der Waals surface area contributed by atoms with Gasteiger partial charge in [0.05, 0.1) is 43.4 Å². The van der Waals surface area contributed by atoms with E-state index in [0.29, 0.717) is 64.9 Å². The molecule has 8 rings (SSSR count). The SMILES string of the molecule is C=C1/C=C2/C(=O)N(c3cc(F)cc(-c4cc(Nc5ccc(N6CCN(C7COC7)CC6)cn5)c(=O)n(C)c4)c3CO)CCN2CC2CCC1C2. The van der Waals surface area contributed by atoms with Crippen LogP contribution in [0.2, 0.25) is 0 Å². The zero-order valence-electron chi connectivity index (χ0n) is 28.5. The van der Waals surface area contributed by atoms with Gasteiger partial charge in [0, 0.05) is 70.2 Å². The van der Waals surface area contributed by atoms with E-state index in [0.717, 1.165) is 76.5 Å². The van der Waals surface area contributed by atoms with Crippen LogP contribution in [0.1, 0.15) is 24.8 Å². The quantitative estimate of drug-likeness (QED) is 0.385. The van der Waals surface area contributed by atoms with Crippen molar-refractivity contribution in [2.75, 3.05) is 74.1 Å². The third kappa shape index (κ3) is 6.09. The van der Waals surface area contributed by atoms with Crippen LogP contribution in [0, 0.1) is 17.7 Å². The van der Waals surface area contributed by atoms with E-state index in [1.165, 1.54) is 16.7 Å². The van der Waals surface area contributed by atoms with E-state index < -0.39 is 12.4 Å². The Morgan fingerprint density at radius 2 is 1.84 bits per heavy atom. The van der Waals surface area contributed by atoms with E-state index in [9.17, 15) is 14.7 Å². The molecule has 1 aromatic carbocycles. The molecule has 6 heterocycles. The molecule has 2 atom stereocenters. The van der Waals surface area contributed by atoms with Gasteiger partial charge in [-0.1, -0.05) is 6.58 Å². The van der Waals surface area contributed by atoms with Gasteiger partial charge < -0.3 is 34.4 Å². The third-order valence-corrected chi connectivity index (χ3v) is 11.2. The Labute approximate surface area is 291 Å². The van der Waals surface area contributed by atoms with E-state index in [4.69, 9.17) is 4.74 Å². The topological polar surface area (TPSA) is 106 Å². The van der Waals surface area contributed by atoms with Gasteiger partial charge in [0.2, 0.25) is 0 Å². The van der Waals surface area contributed by atoms with Crippen molar-refractivity contribution in [3.63, 3.8) is 0 Å². The van der Waals surface area contributed by atoms with Crippen molar-refractivity contribution in [3.8, 4) is 11.1 Å². The summed E-state index contributed by atoms with van der Waals surface area (Å²) in [7, 11) is 1.63. The summed E-state index contributed by atoms with van der Waals surface area (Å²) < 4.78 is 22.2. The number of carbonyl (C=O) groups is 1. The first-order valence-electron chi connectivity index (χ1n) is 17.7. The van der Waals surface area contributed by atoms with Gasteiger partial charge in [-0.05, 0) is 78.6 Å². The van der Waals surface area contributed by atoms with Crippen molar-refractivity contribution in [3.05, 3.63) is 88.4 Å². The summed E-state index contributed by atoms with van der Waals surface area (Å²) in [5, 5.41) is 13.9. The third-order valence-electron chi connectivity index (χ3n) is 11.2. The lowest BCUT2D eigenvalue weighted by Gasteiger charge is -2.43. The van der Waals surface area contributed by atoms with Gasteiger partial charge in [0.15, 0.2) is 0 Å². The predicted octanol–water partition coefficient (Wildman–Crippen LogP) is 3.86. The van der Waals surface area contributed by atoms with Crippen LogP contribution >= 0.6 is 0 Å². The van der Waals surface area contributed by atoms with Crippen LogP contribution in [0.5, 0.6) is 0 Å². The number of nitrogens with zero attached hydrogens (tertiary/aromatic N) is 6. The normalized spacial score (nSPS) is 24.0. The van der Waals surface area contributed by atoms with Gasteiger partial charge in [0.25, 0.3) is 11.5 Å². The lowest BCUT2D eigenvalue weighted by Crippen LogP contribution is -2.56. The highest BCUT2D eigenvalue weighted by molar-refractivity contribution is 6.07. The number of aromatic nitrogens is 2. The number of halogens is 1. The maximum Gasteiger partial charge on any atom is 0.274 e. The van der Waals surface area contributed by atoms with Crippen LogP contribution < -0.4 is 20.7 Å². The van der Waals surface area contributed by atoms with Gasteiger partial charge in [-0.25, -0.2) is 9.37 Å². The fourth-order valence-corrected chi connectivity index (χ4v) is 8.27. The maximum absolute atomic E-state index is 15.5. The second kappa shape index (κ2) is 13.3. The molecule has 3 aromatic rings. The summed E-state index contributed by atoms with van der Waals surface area (Å²) in [6.07, 6.45) is 8.67. The fraction of sp³-hybridized carbons (Fsp3) is 0.447. The number of ether oxygens (including phenoxy) is 1. The fourth-order valence-electron chi connectivity index (χ4n) is 8.27. The van der Waals surface area contributed by atoms with Crippen LogP contribution in [0.15, 0.2) is 71.4 Å². The summed E-state index contributed by atoms with van der Waals surface area (Å²) in [5.41, 5.74) is 4.20. The van der Waals surface area contributed by atoms with Gasteiger partial charge in [-0.2, -0.15) is 0 Å². The number of fused-ring (bicyclic) bond motifs is 3. The van der Waals surface area contributed by atoms with Crippen molar-refractivity contribution >= 4 is 28.8 Å². The highest BCUT2D eigenvalue weighted by atomic mass is 19.1. The zero-order valence-corrected chi connectivity index (χ0v) is 28.5. The van der Waals surface area contributed by atoms with Crippen molar-refractivity contribution in [1.82, 2.24) is 19.4 Å². The molecule has 11 nitrogen and oxygen atoms in total. The van der Waals surface area contributed by atoms with Crippen molar-refractivity contribution in [2.24, 2.45) is 18.9 Å². The molecule has 1 aliphatic carbocycles. The van der Waals surface area contributed by atoms with Gasteiger partial charge >= 0.3 is 0 Å². The molecule has 1 amide bonds. The summed E-state index contributed by atoms with van der Waals surface area (Å²) in [6.45, 7) is 11.1. The number of aliphatic hydroxyl groups excluding tert-OH is 1. The molecule has 0 spiro atoms. The van der Waals surface area contributed by atoms with Crippen LogP contribution in [-0.4, -0.2) is 95.4 Å². The first-order valence-corrected chi connectivity index (χ1v) is 17.7. The summed E-state index contributed by atoms with van der Waals surface area (Å²) in [6, 6.07) is 8.69. The average molecular weight is 682 g/mol. The molecule has 0 radical (unpaired) electrons. The zero-order chi connectivity index (χ0) is 34.5. The minimum absolute atomic E-state index is 0.225. The molecule has 4 fully saturated rings. The number of nitrogens with one attached hydrogen (secondary N) is 1. The maximum atomic E-state index is 15.5. The molecule has 2 bridgehead atoms. The van der Waals surface area contributed by atoms with Gasteiger partial charge in [0.1, 0.15) is 23.0 Å². The Morgan fingerprint density at radius 1 is 1.04 bits per heavy atom. The largest absolute Gasteiger partial charge is 0.392 e. The van der Waals surface area contributed by atoms with E-state index in [-0.39, 0.29) is 17.2 Å². The number of rotatable bonds is 7. The van der Waals surface area contributed by atoms with E-state index in [1.54, 1.807) is 24.2 Å². The predicted molar refractivity (Wildman–Crippen MR) is 191 cm³/mol. The number of anilines is 4. The summed E-state index contributed by atoms with van der Waals surface area (Å²) >= 11 is 0. The van der Waals surface area contributed by atoms with E-state index >= 15 is 4.39 Å². The molecule has 3 saturated heterocycles. The van der Waals surface area contributed by atoms with Crippen LogP contribution in [-0.2, 0) is 23.2 Å². The molecule has 5 aliphatic rings. The summed E-state index contributed by atoms with van der Waals surface area (Å²) in [5.74, 6) is 0.654. The second-order valence-corrected chi connectivity index (χ2v) is 14.3. The standard InChI is InChI=1S/C38H44FN7O4/c1-24-13-35-38(49)46(12-11-45(35)19-25-3-4-26(24)14-25)34-17-28(39)16-31(32(34)21-47)27-15-33(37(48)42(2)20-27)41-36-6-5-29(18-40-36)43-7-9-44(10-8-43)30-22-50-23-30/h5-6,13,15-18,20,25-26,30,47H,1,3-4,7-12,14,19,21-23H2,2H3,(H,40,41)/b35-13-. The number of aryl methyl sites for hydroxylation is 1. The Bertz CT molecular complexity index is 1900. The van der Waals surface area contributed by atoms with Crippen LogP contribution in [0.25, 0.3) is 11.1 Å². The van der Waals surface area contributed by atoms with Crippen LogP contribution in [0.3, 0.4) is 0 Å². The van der Waals surface area contributed by atoms with Crippen LogP contribution in [0.4, 0.5) is 27.3 Å². The van der Waals surface area contributed by atoms with Crippen molar-refractivity contribution in [2.45, 2.75) is 31.9 Å². The molecule has 2 aromatic heterocycles. The number of hydrogen-bond acceptors (Lipinski definition) is 9. The van der Waals surface area contributed by atoms with Gasteiger partial charge in [-0.15, -0.1) is 0 Å². The lowest BCUT2D eigenvalue weighted by molar-refractivity contribution is -0.117. The lowest BCUT2D eigenvalue weighted by atomic mass is 9.93. The summed E-state index contributed by atoms with van der Waals surface area (Å²) in [4.78, 5) is 40.5. The monoisotopic (exact) mass is 681 g/mol. The molecule has 2 unspecified atom stereocenters. The number of pyridine rings is 2. The second-order valence-electron chi connectivity index (χ2n) is 14.3. The smallest absolute Gasteiger partial charge is 0.274 e. The molecular formula is C38H44FN7O4. The number of allylic oxidation sites excluding steroid dienone is 2. The van der Waals surface area contributed by atoms with Gasteiger partial charge in [-0.3, -0.25) is 14.5 Å². The first kappa shape index (κ1) is 32.7. The Hall–Kier alpha value is -4.52. The van der Waals surface area contributed by atoms with Crippen molar-refractivity contribution < 1.29 is 19.0 Å². The van der Waals surface area contributed by atoms with E-state index in [1.807, 2.05) is 24.4 Å². The molecule has 50 heavy (non-hydrogen) atoms. The number of amides is 1. The highest BCUT2D eigenvalue weighted by Gasteiger charge is 2.37. The molecule has 2 N–H and O–H groups in total.